The van der Waals surface area contributed by atoms with Gasteiger partial charge in [0, 0.05) is 5.69 Å². The van der Waals surface area contributed by atoms with Crippen LogP contribution in [0.2, 0.25) is 0 Å². The first-order valence-electron chi connectivity index (χ1n) is 3.24. The summed E-state index contributed by atoms with van der Waals surface area (Å²) in [5, 5.41) is 2.25. The van der Waals surface area contributed by atoms with Crippen LogP contribution in [-0.4, -0.2) is 13.5 Å². The van der Waals surface area contributed by atoms with Crippen LogP contribution in [0.15, 0.2) is 30.3 Å². The first-order chi connectivity index (χ1) is 5.70. The van der Waals surface area contributed by atoms with Crippen LogP contribution in [0.5, 0.6) is 0 Å². The number of anilines is 1. The highest BCUT2D eigenvalue weighted by atomic mass is 32.2. The van der Waals surface area contributed by atoms with E-state index in [0.717, 1.165) is 0 Å². The Morgan fingerprint density at radius 1 is 1.25 bits per heavy atom. The molecule has 0 atom stereocenters. The number of nitrogens with one attached hydrogen (secondary N) is 1. The summed E-state index contributed by atoms with van der Waals surface area (Å²) in [6.07, 6.45) is 0. The molecular weight excluding hydrogens is 176 g/mol. The van der Waals surface area contributed by atoms with Gasteiger partial charge >= 0.3 is 0 Å². The summed E-state index contributed by atoms with van der Waals surface area (Å²) in [5.41, 5.74) is 5.79. The van der Waals surface area contributed by atoms with Crippen molar-refractivity contribution in [2.75, 3.05) is 5.32 Å². The minimum atomic E-state index is -2.38. The zero-order chi connectivity index (χ0) is 8.97. The van der Waals surface area contributed by atoms with Crippen LogP contribution in [0.3, 0.4) is 0 Å². The smallest absolute Gasteiger partial charge is 0.249 e. The lowest BCUT2D eigenvalue weighted by Gasteiger charge is -2.00. The molecule has 0 radical (unpaired) electrons. The van der Waals surface area contributed by atoms with Crippen molar-refractivity contribution in [2.45, 2.75) is 0 Å². The third kappa shape index (κ3) is 2.37. The van der Waals surface area contributed by atoms with Gasteiger partial charge in [0.2, 0.25) is 15.4 Å². The molecule has 0 bridgehead atoms. The maximum Gasteiger partial charge on any atom is 0.249 e. The van der Waals surface area contributed by atoms with E-state index in [-0.39, 0.29) is 5.11 Å². The number of para-hydroxylation sites is 1. The second-order valence-corrected chi connectivity index (χ2v) is 3.00. The predicted octanol–water partition coefficient (Wildman–Crippen LogP) is 0.0237. The molecule has 64 valence electrons. The summed E-state index contributed by atoms with van der Waals surface area (Å²) in [6, 6.07) is 8.83. The van der Waals surface area contributed by atoms with Gasteiger partial charge in [-0.05, 0) is 12.1 Å². The molecular formula is C7H8N2O2S. The minimum absolute atomic E-state index is 0.277. The molecule has 1 aromatic carbocycles. The summed E-state index contributed by atoms with van der Waals surface area (Å²) in [4.78, 5) is 0. The molecule has 0 unspecified atom stereocenters. The van der Waals surface area contributed by atoms with E-state index in [1.165, 1.54) is 0 Å². The molecule has 0 spiro atoms. The Morgan fingerprint density at radius 2 is 1.83 bits per heavy atom. The maximum absolute atomic E-state index is 10.3. The highest BCUT2D eigenvalue weighted by Gasteiger charge is 1.92. The highest BCUT2D eigenvalue weighted by molar-refractivity contribution is 7.73. The van der Waals surface area contributed by atoms with E-state index in [0.29, 0.717) is 5.69 Å². The second kappa shape index (κ2) is 3.89. The van der Waals surface area contributed by atoms with E-state index in [2.05, 4.69) is 5.32 Å². The van der Waals surface area contributed by atoms with Crippen molar-refractivity contribution in [1.82, 2.24) is 0 Å². The van der Waals surface area contributed by atoms with Gasteiger partial charge in [-0.1, -0.05) is 18.2 Å². The normalized spacial score (nSPS) is 9.08. The SMILES string of the molecule is NC(Nc1ccccc1)=S(=O)=O. The van der Waals surface area contributed by atoms with Crippen molar-refractivity contribution in [1.29, 1.82) is 0 Å². The van der Waals surface area contributed by atoms with E-state index in [4.69, 9.17) is 5.73 Å². The van der Waals surface area contributed by atoms with Gasteiger partial charge in [-0.25, -0.2) is 0 Å². The standard InChI is InChI=1S/C7H8N2O2S/c8-7(12(10)11)9-6-4-2-1-3-5-6/h1-5,9H,8H2. The van der Waals surface area contributed by atoms with Gasteiger partial charge in [-0.3, -0.25) is 5.73 Å². The van der Waals surface area contributed by atoms with Crippen molar-refractivity contribution in [3.63, 3.8) is 0 Å². The van der Waals surface area contributed by atoms with Gasteiger partial charge in [0.05, 0.1) is 0 Å². The summed E-state index contributed by atoms with van der Waals surface area (Å²) < 4.78 is 20.6. The Bertz CT molecular complexity index is 375. The fraction of sp³-hybridized carbons (Fsp3) is 0. The highest BCUT2D eigenvalue weighted by Crippen LogP contribution is 2.03. The van der Waals surface area contributed by atoms with Crippen molar-refractivity contribution < 1.29 is 8.42 Å². The Labute approximate surface area is 71.5 Å². The molecule has 0 saturated heterocycles. The monoisotopic (exact) mass is 184 g/mol. The Hall–Kier alpha value is -1.33. The predicted molar refractivity (Wildman–Crippen MR) is 48.2 cm³/mol. The number of benzene rings is 1. The average molecular weight is 184 g/mol. The molecule has 12 heavy (non-hydrogen) atoms. The molecule has 1 aromatic rings. The summed E-state index contributed by atoms with van der Waals surface area (Å²) in [6.45, 7) is 0. The van der Waals surface area contributed by atoms with Crippen LogP contribution in [0.4, 0.5) is 5.69 Å². The molecule has 0 fully saturated rings. The van der Waals surface area contributed by atoms with Crippen LogP contribution in [0.25, 0.3) is 0 Å². The third-order valence-corrected chi connectivity index (χ3v) is 1.68. The maximum atomic E-state index is 10.3. The van der Waals surface area contributed by atoms with Crippen LogP contribution in [-0.2, 0) is 10.3 Å². The Morgan fingerprint density at radius 3 is 2.33 bits per heavy atom. The molecule has 0 aliphatic carbocycles. The molecule has 0 aromatic heterocycles. The summed E-state index contributed by atoms with van der Waals surface area (Å²) in [7, 11) is -2.38. The molecule has 0 aliphatic rings. The Kier molecular flexibility index (Phi) is 2.84. The quantitative estimate of drug-likeness (QED) is 0.604. The van der Waals surface area contributed by atoms with Crippen LogP contribution in [0.1, 0.15) is 0 Å². The lowest BCUT2D eigenvalue weighted by atomic mass is 10.3. The fourth-order valence-electron chi connectivity index (χ4n) is 0.705. The number of rotatable bonds is 1. The van der Waals surface area contributed by atoms with Gasteiger partial charge in [0.25, 0.3) is 0 Å². The van der Waals surface area contributed by atoms with E-state index >= 15 is 0 Å². The zero-order valence-corrected chi connectivity index (χ0v) is 7.01. The molecule has 0 saturated carbocycles. The van der Waals surface area contributed by atoms with Crippen molar-refractivity contribution in [3.05, 3.63) is 30.3 Å². The average Bonchev–Trinajstić information content (AvgIpc) is 2.06. The van der Waals surface area contributed by atoms with Crippen LogP contribution >= 0.6 is 0 Å². The van der Waals surface area contributed by atoms with E-state index in [9.17, 15) is 8.42 Å². The van der Waals surface area contributed by atoms with Gasteiger partial charge in [-0.15, -0.1) is 0 Å². The van der Waals surface area contributed by atoms with Gasteiger partial charge in [0.15, 0.2) is 0 Å². The van der Waals surface area contributed by atoms with Crippen LogP contribution < -0.4 is 11.1 Å². The zero-order valence-electron chi connectivity index (χ0n) is 6.19. The lowest BCUT2D eigenvalue weighted by molar-refractivity contribution is 0.627. The van der Waals surface area contributed by atoms with Gasteiger partial charge in [0.1, 0.15) is 0 Å². The lowest BCUT2D eigenvalue weighted by Crippen LogP contribution is -2.22. The second-order valence-electron chi connectivity index (χ2n) is 2.09. The third-order valence-electron chi connectivity index (χ3n) is 1.22. The van der Waals surface area contributed by atoms with Crippen molar-refractivity contribution >= 4 is 21.1 Å². The largest absolute Gasteiger partial charge is 0.334 e. The molecule has 1 rings (SSSR count). The molecule has 5 heteroatoms. The van der Waals surface area contributed by atoms with E-state index in [1.54, 1.807) is 24.3 Å². The number of hydrogen-bond donors (Lipinski definition) is 2. The Balaban J connectivity index is 2.86. The first-order valence-corrected chi connectivity index (χ1v) is 4.31. The molecule has 0 aliphatic heterocycles. The fourth-order valence-corrected chi connectivity index (χ4v) is 0.907. The molecule has 4 nitrogen and oxygen atoms in total. The first kappa shape index (κ1) is 8.76. The van der Waals surface area contributed by atoms with E-state index < -0.39 is 10.3 Å². The number of hydrogen-bond acceptors (Lipinski definition) is 2. The van der Waals surface area contributed by atoms with Gasteiger partial charge < -0.3 is 5.32 Å². The topological polar surface area (TPSA) is 72.2 Å². The van der Waals surface area contributed by atoms with E-state index in [1.807, 2.05) is 6.07 Å². The number of nitrogens with two attached hydrogens (primary N) is 1. The molecule has 0 amide bonds. The summed E-state index contributed by atoms with van der Waals surface area (Å²) in [5.74, 6) is 0. The minimum Gasteiger partial charge on any atom is -0.334 e. The summed E-state index contributed by atoms with van der Waals surface area (Å²) >= 11 is 0. The molecule has 0 heterocycles. The molecule has 3 N–H and O–H groups in total. The van der Waals surface area contributed by atoms with Crippen molar-refractivity contribution in [2.24, 2.45) is 5.73 Å². The van der Waals surface area contributed by atoms with Crippen molar-refractivity contribution in [3.8, 4) is 0 Å². The van der Waals surface area contributed by atoms with Gasteiger partial charge in [-0.2, -0.15) is 8.42 Å². The van der Waals surface area contributed by atoms with Crippen LogP contribution in [0, 0.1) is 0 Å².